The molecule has 4 heteroatoms. The Labute approximate surface area is 124 Å². The van der Waals surface area contributed by atoms with Crippen molar-refractivity contribution in [1.82, 2.24) is 0 Å². The van der Waals surface area contributed by atoms with Crippen LogP contribution in [0.5, 0.6) is 0 Å². The number of benzene rings is 2. The molecule has 0 unspecified atom stereocenters. The SMILES string of the molecule is NC(=O)O[C@H](COCc1ccccc1)Cc1ccccc1. The van der Waals surface area contributed by atoms with E-state index >= 15 is 0 Å². The van der Waals surface area contributed by atoms with Crippen LogP contribution in [0.15, 0.2) is 60.7 Å². The van der Waals surface area contributed by atoms with Crippen LogP contribution in [-0.4, -0.2) is 18.8 Å². The van der Waals surface area contributed by atoms with E-state index in [2.05, 4.69) is 0 Å². The molecule has 2 N–H and O–H groups in total. The lowest BCUT2D eigenvalue weighted by Crippen LogP contribution is -2.28. The third kappa shape index (κ3) is 5.67. The summed E-state index contributed by atoms with van der Waals surface area (Å²) in [5, 5.41) is 0. The van der Waals surface area contributed by atoms with Gasteiger partial charge in [0.15, 0.2) is 0 Å². The molecule has 0 aromatic heterocycles. The molecule has 1 amide bonds. The van der Waals surface area contributed by atoms with Crippen molar-refractivity contribution in [3.63, 3.8) is 0 Å². The van der Waals surface area contributed by atoms with Gasteiger partial charge in [-0.3, -0.25) is 0 Å². The Kier molecular flexibility index (Phi) is 5.79. The van der Waals surface area contributed by atoms with Crippen LogP contribution in [0.2, 0.25) is 0 Å². The van der Waals surface area contributed by atoms with Crippen LogP contribution < -0.4 is 5.73 Å². The lowest BCUT2D eigenvalue weighted by Gasteiger charge is -2.17. The Bertz CT molecular complexity index is 542. The zero-order valence-corrected chi connectivity index (χ0v) is 11.8. The molecule has 4 nitrogen and oxygen atoms in total. The standard InChI is InChI=1S/C17H19NO3/c18-17(19)21-16(11-14-7-3-1-4-8-14)13-20-12-15-9-5-2-6-10-15/h1-10,16H,11-13H2,(H2,18,19)/t16-/m0/s1. The fraction of sp³-hybridized carbons (Fsp3) is 0.235. The highest BCUT2D eigenvalue weighted by Gasteiger charge is 2.13. The van der Waals surface area contributed by atoms with E-state index in [9.17, 15) is 4.79 Å². The number of carbonyl (C=O) groups is 1. The molecule has 0 radical (unpaired) electrons. The monoisotopic (exact) mass is 285 g/mol. The number of carbonyl (C=O) groups excluding carboxylic acids is 1. The second-order valence-corrected chi connectivity index (χ2v) is 4.75. The number of hydrogen-bond donors (Lipinski definition) is 1. The van der Waals surface area contributed by atoms with Gasteiger partial charge in [-0.2, -0.15) is 0 Å². The molecule has 2 rings (SSSR count). The maximum Gasteiger partial charge on any atom is 0.404 e. The first-order valence-electron chi connectivity index (χ1n) is 6.85. The summed E-state index contributed by atoms with van der Waals surface area (Å²) in [6, 6.07) is 19.6. The number of hydrogen-bond acceptors (Lipinski definition) is 3. The van der Waals surface area contributed by atoms with E-state index in [1.54, 1.807) is 0 Å². The van der Waals surface area contributed by atoms with Crippen molar-refractivity contribution in [1.29, 1.82) is 0 Å². The molecule has 21 heavy (non-hydrogen) atoms. The molecule has 0 aliphatic rings. The molecule has 2 aromatic rings. The Hall–Kier alpha value is -2.33. The maximum atomic E-state index is 11.0. The van der Waals surface area contributed by atoms with Gasteiger partial charge < -0.3 is 15.2 Å². The van der Waals surface area contributed by atoms with Crippen molar-refractivity contribution in [3.8, 4) is 0 Å². The zero-order valence-electron chi connectivity index (χ0n) is 11.8. The highest BCUT2D eigenvalue weighted by Crippen LogP contribution is 2.08. The first-order valence-corrected chi connectivity index (χ1v) is 6.85. The van der Waals surface area contributed by atoms with Gasteiger partial charge in [0.2, 0.25) is 0 Å². The van der Waals surface area contributed by atoms with Crippen molar-refractivity contribution >= 4 is 6.09 Å². The molecule has 110 valence electrons. The minimum atomic E-state index is -0.778. The Morgan fingerprint density at radius 3 is 2.10 bits per heavy atom. The van der Waals surface area contributed by atoms with Gasteiger partial charge in [0.05, 0.1) is 13.2 Å². The molecule has 0 spiro atoms. The minimum Gasteiger partial charge on any atom is -0.444 e. The van der Waals surface area contributed by atoms with Gasteiger partial charge in [-0.15, -0.1) is 0 Å². The molecule has 0 saturated carbocycles. The van der Waals surface area contributed by atoms with Crippen LogP contribution in [0.1, 0.15) is 11.1 Å². The second kappa shape index (κ2) is 8.07. The Morgan fingerprint density at radius 2 is 1.52 bits per heavy atom. The van der Waals surface area contributed by atoms with E-state index in [1.807, 2.05) is 60.7 Å². The average molecular weight is 285 g/mol. The highest BCUT2D eigenvalue weighted by atomic mass is 16.6. The molecule has 2 aromatic carbocycles. The smallest absolute Gasteiger partial charge is 0.404 e. The quantitative estimate of drug-likeness (QED) is 0.850. The highest BCUT2D eigenvalue weighted by molar-refractivity contribution is 5.64. The van der Waals surface area contributed by atoms with Crippen molar-refractivity contribution in [2.24, 2.45) is 5.73 Å². The van der Waals surface area contributed by atoms with Crippen molar-refractivity contribution in [2.75, 3.05) is 6.61 Å². The summed E-state index contributed by atoms with van der Waals surface area (Å²) < 4.78 is 10.7. The zero-order chi connectivity index (χ0) is 14.9. The number of rotatable bonds is 7. The van der Waals surface area contributed by atoms with E-state index in [0.29, 0.717) is 19.6 Å². The summed E-state index contributed by atoms with van der Waals surface area (Å²) in [5.74, 6) is 0. The molecule has 0 bridgehead atoms. The van der Waals surface area contributed by atoms with Gasteiger partial charge in [-0.25, -0.2) is 4.79 Å². The van der Waals surface area contributed by atoms with E-state index in [-0.39, 0.29) is 6.10 Å². The molecule has 0 fully saturated rings. The number of nitrogens with two attached hydrogens (primary N) is 1. The van der Waals surface area contributed by atoms with Gasteiger partial charge in [-0.1, -0.05) is 60.7 Å². The molecule has 0 aliphatic heterocycles. The summed E-state index contributed by atoms with van der Waals surface area (Å²) in [4.78, 5) is 11.0. The third-order valence-electron chi connectivity index (χ3n) is 3.00. The number of primary amides is 1. The molecule has 0 heterocycles. The average Bonchev–Trinajstić information content (AvgIpc) is 2.49. The van der Waals surface area contributed by atoms with Crippen LogP contribution in [-0.2, 0) is 22.5 Å². The molecule has 0 aliphatic carbocycles. The fourth-order valence-corrected chi connectivity index (χ4v) is 2.06. The molecule has 1 atom stereocenters. The van der Waals surface area contributed by atoms with Crippen molar-refractivity contribution in [3.05, 3.63) is 71.8 Å². The fourth-order valence-electron chi connectivity index (χ4n) is 2.06. The van der Waals surface area contributed by atoms with Crippen LogP contribution >= 0.6 is 0 Å². The van der Waals surface area contributed by atoms with Gasteiger partial charge in [-0.05, 0) is 11.1 Å². The Balaban J connectivity index is 1.86. The summed E-state index contributed by atoms with van der Waals surface area (Å²) in [7, 11) is 0. The van der Waals surface area contributed by atoms with Crippen molar-refractivity contribution < 1.29 is 14.3 Å². The van der Waals surface area contributed by atoms with Gasteiger partial charge >= 0.3 is 6.09 Å². The van der Waals surface area contributed by atoms with Crippen LogP contribution in [0.25, 0.3) is 0 Å². The van der Waals surface area contributed by atoms with E-state index in [4.69, 9.17) is 15.2 Å². The predicted molar refractivity (Wildman–Crippen MR) is 80.7 cm³/mol. The van der Waals surface area contributed by atoms with Gasteiger partial charge in [0.1, 0.15) is 6.10 Å². The predicted octanol–water partition coefficient (Wildman–Crippen LogP) is 2.91. The van der Waals surface area contributed by atoms with Crippen LogP contribution in [0.4, 0.5) is 4.79 Å². The number of ether oxygens (including phenoxy) is 2. The lowest BCUT2D eigenvalue weighted by molar-refractivity contribution is 0.0170. The Morgan fingerprint density at radius 1 is 0.952 bits per heavy atom. The van der Waals surface area contributed by atoms with Gasteiger partial charge in [0.25, 0.3) is 0 Å². The molecule has 0 saturated heterocycles. The largest absolute Gasteiger partial charge is 0.444 e. The summed E-state index contributed by atoms with van der Waals surface area (Å²) in [6.07, 6.45) is -0.577. The third-order valence-corrected chi connectivity index (χ3v) is 3.00. The molecular formula is C17H19NO3. The van der Waals surface area contributed by atoms with Crippen molar-refractivity contribution in [2.45, 2.75) is 19.1 Å². The molecular weight excluding hydrogens is 266 g/mol. The van der Waals surface area contributed by atoms with Crippen LogP contribution in [0.3, 0.4) is 0 Å². The van der Waals surface area contributed by atoms with Crippen LogP contribution in [0, 0.1) is 0 Å². The first-order chi connectivity index (χ1) is 10.2. The number of amides is 1. The topological polar surface area (TPSA) is 61.6 Å². The van der Waals surface area contributed by atoms with Gasteiger partial charge in [0, 0.05) is 6.42 Å². The summed E-state index contributed by atoms with van der Waals surface area (Å²) in [5.41, 5.74) is 7.27. The normalized spacial score (nSPS) is 11.8. The maximum absolute atomic E-state index is 11.0. The second-order valence-electron chi connectivity index (χ2n) is 4.75. The lowest BCUT2D eigenvalue weighted by atomic mass is 10.1. The summed E-state index contributed by atoms with van der Waals surface area (Å²) >= 11 is 0. The van der Waals surface area contributed by atoms with E-state index in [0.717, 1.165) is 11.1 Å². The van der Waals surface area contributed by atoms with E-state index < -0.39 is 6.09 Å². The van der Waals surface area contributed by atoms with E-state index in [1.165, 1.54) is 0 Å². The minimum absolute atomic E-state index is 0.312. The first kappa shape index (κ1) is 15.1. The summed E-state index contributed by atoms with van der Waals surface area (Å²) in [6.45, 7) is 0.793.